The summed E-state index contributed by atoms with van der Waals surface area (Å²) >= 11 is 0. The molecular weight excluding hydrogens is 722 g/mol. The molecule has 2 aliphatic rings. The quantitative estimate of drug-likeness (QED) is 0.0590. The number of aromatic amines is 2. The summed E-state index contributed by atoms with van der Waals surface area (Å²) in [6.45, 7) is -1.40. The minimum absolute atomic E-state index is 0.0832. The van der Waals surface area contributed by atoms with Crippen molar-refractivity contribution in [2.45, 2.75) is 49.1 Å². The van der Waals surface area contributed by atoms with Crippen molar-refractivity contribution in [3.8, 4) is 0 Å². The van der Waals surface area contributed by atoms with Gasteiger partial charge in [0.1, 0.15) is 36.6 Å². The Morgan fingerprint density at radius 3 is 1.54 bits per heavy atom. The van der Waals surface area contributed by atoms with Crippen LogP contribution < -0.4 is 41.5 Å². The molecule has 4 aromatic rings. The molecule has 8 atom stereocenters. The first-order valence-corrected chi connectivity index (χ1v) is 17.1. The third kappa shape index (κ3) is 7.63. The number of nitrogens with two attached hydrogens (primary N) is 2. The van der Waals surface area contributed by atoms with E-state index in [1.807, 2.05) is 0 Å². The number of nitrogens with one attached hydrogen (secondary N) is 2. The molecule has 0 spiro atoms. The van der Waals surface area contributed by atoms with E-state index in [4.69, 9.17) is 30.7 Å². The predicted molar refractivity (Wildman–Crippen MR) is 155 cm³/mol. The largest absolute Gasteiger partial charge is 0.790 e. The van der Waals surface area contributed by atoms with E-state index in [0.717, 1.165) is 0 Å². The lowest BCUT2D eigenvalue weighted by Gasteiger charge is -2.30. The third-order valence-electron chi connectivity index (χ3n) is 7.61. The maximum Gasteiger partial charge on any atom is 0.469 e. The van der Waals surface area contributed by atoms with Crippen LogP contribution in [0.4, 0.5) is 11.9 Å². The summed E-state index contributed by atoms with van der Waals surface area (Å²) < 4.78 is 46.0. The van der Waals surface area contributed by atoms with E-state index in [0.29, 0.717) is 0 Å². The first-order chi connectivity index (χ1) is 23.2. The summed E-state index contributed by atoms with van der Waals surface area (Å²) in [7, 11) is -6.91. The second-order valence-electron chi connectivity index (χ2n) is 11.1. The van der Waals surface area contributed by atoms with Crippen molar-refractivity contribution in [3.05, 3.63) is 33.4 Å². The lowest BCUT2D eigenvalue weighted by molar-refractivity contribution is -0.746. The summed E-state index contributed by atoms with van der Waals surface area (Å²) in [6.07, 6.45) is -8.00. The van der Waals surface area contributed by atoms with Gasteiger partial charge in [0.2, 0.25) is 23.5 Å². The fourth-order valence-electron chi connectivity index (χ4n) is 5.44. The Bertz CT molecular complexity index is 1960. The molecule has 0 aromatic carbocycles. The maximum absolute atomic E-state index is 12.0. The van der Waals surface area contributed by atoms with Crippen molar-refractivity contribution >= 4 is 49.9 Å². The fourth-order valence-corrected chi connectivity index (χ4v) is 6.11. The molecule has 6 heterocycles. The van der Waals surface area contributed by atoms with Crippen molar-refractivity contribution in [2.75, 3.05) is 24.7 Å². The zero-order chi connectivity index (χ0) is 37.0. The highest BCUT2D eigenvalue weighted by Gasteiger charge is 2.48. The van der Waals surface area contributed by atoms with Crippen LogP contribution >= 0.6 is 15.6 Å². The average Bonchev–Trinajstić information content (AvgIpc) is 3.68. The molecule has 0 unspecified atom stereocenters. The number of hydrogen-bond donors (Lipinski definition) is 10. The first kappa shape index (κ1) is 37.5. The van der Waals surface area contributed by atoms with Crippen LogP contribution in [0.1, 0.15) is 12.5 Å². The van der Waals surface area contributed by atoms with Crippen LogP contribution in [0.3, 0.4) is 0 Å². The second kappa shape index (κ2) is 13.8. The van der Waals surface area contributed by atoms with Crippen molar-refractivity contribution in [1.82, 2.24) is 29.1 Å². The van der Waals surface area contributed by atoms with Crippen LogP contribution in [0, 0.1) is 0 Å². The summed E-state index contributed by atoms with van der Waals surface area (Å²) in [4.78, 5) is 75.3. The molecule has 0 aliphatic carbocycles. The van der Waals surface area contributed by atoms with Crippen LogP contribution in [-0.2, 0) is 41.7 Å². The highest BCUT2D eigenvalue weighted by Crippen LogP contribution is 2.38. The van der Waals surface area contributed by atoms with E-state index < -0.39 is 89.1 Å². The number of ether oxygens (including phenoxy) is 2. The van der Waals surface area contributed by atoms with E-state index in [9.17, 15) is 48.9 Å². The molecule has 6 rings (SSSR count). The monoisotopic (exact) mass is 754 g/mol. The Balaban J connectivity index is 0.000000194. The highest BCUT2D eigenvalue weighted by atomic mass is 31.2. The number of aromatic nitrogens is 8. The van der Waals surface area contributed by atoms with Crippen molar-refractivity contribution in [3.63, 3.8) is 0 Å². The van der Waals surface area contributed by atoms with E-state index in [1.54, 1.807) is 14.1 Å². The number of fused-ring (bicyclic) bond motifs is 2. The molecule has 12 N–H and O–H groups in total. The third-order valence-corrected chi connectivity index (χ3v) is 8.56. The molecule has 2 aliphatic heterocycles. The lowest BCUT2D eigenvalue weighted by atomic mass is 10.1. The van der Waals surface area contributed by atoms with Gasteiger partial charge in [-0.1, -0.05) is 9.97 Å². The van der Waals surface area contributed by atoms with Gasteiger partial charge in [-0.05, 0) is 0 Å². The molecule has 0 radical (unpaired) electrons. The summed E-state index contributed by atoms with van der Waals surface area (Å²) in [5.41, 5.74) is 10.5. The molecule has 0 bridgehead atoms. The molecule has 4 aromatic heterocycles. The number of aryl methyl sites for hydroxylation is 2. The minimum Gasteiger partial charge on any atom is -0.790 e. The number of rotatable bonds is 8. The zero-order valence-electron chi connectivity index (χ0n) is 25.7. The van der Waals surface area contributed by atoms with Gasteiger partial charge in [-0.3, -0.25) is 33.2 Å². The number of aliphatic hydroxyl groups excluding tert-OH is 4. The number of nitrogens with zero attached hydrogens (tertiary/aromatic N) is 6. The van der Waals surface area contributed by atoms with Gasteiger partial charge in [0.05, 0.1) is 35.1 Å². The van der Waals surface area contributed by atoms with Crippen LogP contribution in [0.2, 0.25) is 0 Å². The standard InChI is InChI=1S/2C11H16N5O8P/c2*1-15-3-16(8-5(15)9(19)14-11(12)13-8)10-7(18)6(17)4(24-10)2-23-25(20,21)22/h2*3-4,6-7,10,17-18H,2H2,1H3,(H4-,12,13,14,19,20,21,22)/t2*4-,6-,7-,10-/m11/s1. The molecule has 2 fully saturated rings. The molecule has 0 saturated carbocycles. The van der Waals surface area contributed by atoms with Crippen molar-refractivity contribution in [1.29, 1.82) is 0 Å². The SMILES string of the molecule is Cn1c[n+]([C@@H]2O[C@H](COP(=O)(O)O)[C@@H](O)[C@H]2O)c2nc(N)[nH]c(=O)c21.Cn1c[n+]([C@@H]2O[C@H](COP(=O)([O-])[O-])[C@@H](O)[C@H]2O)c2nc(N)[nH]c(=O)c21. The summed E-state index contributed by atoms with van der Waals surface area (Å²) in [6, 6.07) is 0. The molecule has 28 heteroatoms. The Morgan fingerprint density at radius 1 is 0.800 bits per heavy atom. The van der Waals surface area contributed by atoms with E-state index in [1.165, 1.54) is 30.9 Å². The van der Waals surface area contributed by atoms with Crippen LogP contribution in [0.5, 0.6) is 0 Å². The van der Waals surface area contributed by atoms with Gasteiger partial charge in [0.15, 0.2) is 12.7 Å². The fraction of sp³-hybridized carbons (Fsp3) is 0.545. The number of anilines is 2. The number of phosphoric ester groups is 2. The molecule has 276 valence electrons. The number of phosphoric acid groups is 2. The molecule has 2 saturated heterocycles. The molecule has 26 nitrogen and oxygen atoms in total. The van der Waals surface area contributed by atoms with Crippen molar-refractivity contribution < 1.29 is 76.8 Å². The zero-order valence-corrected chi connectivity index (χ0v) is 27.5. The molecule has 50 heavy (non-hydrogen) atoms. The van der Waals surface area contributed by atoms with Gasteiger partial charge in [-0.2, -0.15) is 0 Å². The first-order valence-electron chi connectivity index (χ1n) is 14.1. The Labute approximate surface area is 277 Å². The van der Waals surface area contributed by atoms with E-state index in [-0.39, 0.29) is 34.2 Å². The number of hydrogen-bond acceptors (Lipinski definition) is 18. The summed E-state index contributed by atoms with van der Waals surface area (Å²) in [5, 5.41) is 40.4. The van der Waals surface area contributed by atoms with Gasteiger partial charge in [-0.25, -0.2) is 13.7 Å². The Morgan fingerprint density at radius 2 is 1.18 bits per heavy atom. The van der Waals surface area contributed by atoms with E-state index in [2.05, 4.69) is 29.0 Å². The van der Waals surface area contributed by atoms with Gasteiger partial charge in [0.25, 0.3) is 23.0 Å². The highest BCUT2D eigenvalue weighted by molar-refractivity contribution is 7.46. The molecular formula is C22H32N10O16P2. The lowest BCUT2D eigenvalue weighted by Crippen LogP contribution is -2.46. The Kier molecular flexibility index (Phi) is 10.3. The summed E-state index contributed by atoms with van der Waals surface area (Å²) in [5.74, 6) is -0.309. The number of nitrogen functional groups attached to an aromatic ring is 2. The Hall–Kier alpha value is -3.72. The van der Waals surface area contributed by atoms with E-state index >= 15 is 0 Å². The second-order valence-corrected chi connectivity index (χ2v) is 13.5. The van der Waals surface area contributed by atoms with Crippen LogP contribution in [0.15, 0.2) is 22.2 Å². The normalized spacial score (nSPS) is 27.2. The predicted octanol–water partition coefficient (Wildman–Crippen LogP) is -7.54. The van der Waals surface area contributed by atoms with Gasteiger partial charge in [-0.15, -0.1) is 0 Å². The van der Waals surface area contributed by atoms with Crippen molar-refractivity contribution in [2.24, 2.45) is 14.1 Å². The average molecular weight is 755 g/mol. The number of H-pyrrole nitrogens is 2. The number of aliphatic hydroxyl groups is 4. The maximum atomic E-state index is 12.0. The van der Waals surface area contributed by atoms with Crippen LogP contribution in [-0.4, -0.2) is 109 Å². The number of imidazole rings is 2. The van der Waals surface area contributed by atoms with Gasteiger partial charge < -0.3 is 70.0 Å². The minimum atomic E-state index is -5.26. The van der Waals surface area contributed by atoms with Gasteiger partial charge in [0, 0.05) is 0 Å². The molecule has 0 amide bonds. The topological polar surface area (TPSA) is 400 Å². The van der Waals surface area contributed by atoms with Gasteiger partial charge >= 0.3 is 19.1 Å². The smallest absolute Gasteiger partial charge is 0.469 e. The van der Waals surface area contributed by atoms with Crippen LogP contribution in [0.25, 0.3) is 22.3 Å².